The van der Waals surface area contributed by atoms with E-state index in [9.17, 15) is 14.4 Å². The van der Waals surface area contributed by atoms with Gasteiger partial charge in [0, 0.05) is 58.9 Å². The van der Waals surface area contributed by atoms with Gasteiger partial charge in [0.05, 0.1) is 16.8 Å². The normalized spacial score (nSPS) is 17.6. The highest BCUT2D eigenvalue weighted by atomic mass is 16.2. The zero-order valence-electron chi connectivity index (χ0n) is 18.0. The average molecular weight is 415 g/mol. The molecule has 162 valence electrons. The Kier molecular flexibility index (Phi) is 5.64. The van der Waals surface area contributed by atoms with Crippen molar-refractivity contribution in [1.82, 2.24) is 24.0 Å². The lowest BCUT2D eigenvalue weighted by molar-refractivity contribution is 0.239. The molecule has 2 aliphatic heterocycles. The van der Waals surface area contributed by atoms with Crippen LogP contribution in [0, 0.1) is 6.92 Å². The Morgan fingerprint density at radius 3 is 2.37 bits per heavy atom. The van der Waals surface area contributed by atoms with E-state index < -0.39 is 0 Å². The van der Waals surface area contributed by atoms with Gasteiger partial charge in [-0.1, -0.05) is 12.8 Å². The monoisotopic (exact) mass is 414 g/mol. The SMILES string of the molecule is Cc1c(CN2CCc3nc(N4CCCCCC4)[nH]c(=O)c3C2)c(=O)n(C)c(=O)n1C. The van der Waals surface area contributed by atoms with Crippen molar-refractivity contribution in [2.45, 2.75) is 52.1 Å². The fourth-order valence-electron chi connectivity index (χ4n) is 4.46. The Morgan fingerprint density at radius 2 is 1.67 bits per heavy atom. The third-order valence-corrected chi connectivity index (χ3v) is 6.50. The summed E-state index contributed by atoms with van der Waals surface area (Å²) in [5.41, 5.74) is 2.11. The summed E-state index contributed by atoms with van der Waals surface area (Å²) in [7, 11) is 3.17. The van der Waals surface area contributed by atoms with Gasteiger partial charge in [0.2, 0.25) is 5.95 Å². The molecule has 1 fully saturated rings. The van der Waals surface area contributed by atoms with Crippen molar-refractivity contribution in [2.24, 2.45) is 14.1 Å². The molecule has 4 heterocycles. The maximum atomic E-state index is 12.8. The highest BCUT2D eigenvalue weighted by Gasteiger charge is 2.24. The summed E-state index contributed by atoms with van der Waals surface area (Å²) in [6.45, 7) is 5.22. The van der Waals surface area contributed by atoms with Gasteiger partial charge in [-0.25, -0.2) is 9.78 Å². The summed E-state index contributed by atoms with van der Waals surface area (Å²) in [4.78, 5) is 49.6. The van der Waals surface area contributed by atoms with Crippen molar-refractivity contribution in [3.8, 4) is 0 Å². The van der Waals surface area contributed by atoms with Crippen LogP contribution < -0.4 is 21.7 Å². The lowest BCUT2D eigenvalue weighted by Gasteiger charge is -2.29. The predicted octanol–water partition coefficient (Wildman–Crippen LogP) is 0.414. The van der Waals surface area contributed by atoms with Crippen LogP contribution in [-0.4, -0.2) is 43.6 Å². The lowest BCUT2D eigenvalue weighted by atomic mass is 10.1. The van der Waals surface area contributed by atoms with E-state index in [0.29, 0.717) is 48.8 Å². The van der Waals surface area contributed by atoms with Gasteiger partial charge in [0.25, 0.3) is 11.1 Å². The van der Waals surface area contributed by atoms with Crippen LogP contribution in [0.5, 0.6) is 0 Å². The summed E-state index contributed by atoms with van der Waals surface area (Å²) in [5.74, 6) is 0.692. The van der Waals surface area contributed by atoms with E-state index in [2.05, 4.69) is 14.8 Å². The van der Waals surface area contributed by atoms with Crippen LogP contribution in [0.3, 0.4) is 0 Å². The summed E-state index contributed by atoms with van der Waals surface area (Å²) in [6.07, 6.45) is 5.38. The number of nitrogens with zero attached hydrogens (tertiary/aromatic N) is 5. The standard InChI is InChI=1S/C21H30N6O3/c1-14-15(19(29)25(3)21(30)24(14)2)12-26-11-8-17-16(13-26)18(28)23-20(22-17)27-9-6-4-5-7-10-27/h4-13H2,1-3H3,(H,22,23,28). The fourth-order valence-corrected chi connectivity index (χ4v) is 4.46. The van der Waals surface area contributed by atoms with Crippen molar-refractivity contribution in [3.63, 3.8) is 0 Å². The van der Waals surface area contributed by atoms with Gasteiger partial charge >= 0.3 is 5.69 Å². The second kappa shape index (κ2) is 8.22. The summed E-state index contributed by atoms with van der Waals surface area (Å²) < 4.78 is 2.64. The number of hydrogen-bond acceptors (Lipinski definition) is 6. The maximum Gasteiger partial charge on any atom is 0.330 e. The minimum absolute atomic E-state index is 0.0889. The molecule has 0 aromatic carbocycles. The van der Waals surface area contributed by atoms with Crippen LogP contribution in [0.1, 0.15) is 48.2 Å². The first-order valence-corrected chi connectivity index (χ1v) is 10.7. The quantitative estimate of drug-likeness (QED) is 0.782. The Balaban J connectivity index is 1.58. The summed E-state index contributed by atoms with van der Waals surface area (Å²) in [6, 6.07) is 0. The average Bonchev–Trinajstić information content (AvgIpc) is 3.04. The number of hydrogen-bond donors (Lipinski definition) is 1. The van der Waals surface area contributed by atoms with Crippen LogP contribution in [0.4, 0.5) is 5.95 Å². The molecule has 2 aromatic rings. The van der Waals surface area contributed by atoms with E-state index in [0.717, 1.165) is 36.2 Å². The molecule has 9 heteroatoms. The van der Waals surface area contributed by atoms with E-state index in [4.69, 9.17) is 4.98 Å². The van der Waals surface area contributed by atoms with Crippen LogP contribution in [0.25, 0.3) is 0 Å². The third-order valence-electron chi connectivity index (χ3n) is 6.50. The summed E-state index contributed by atoms with van der Waals surface area (Å²) in [5, 5.41) is 0. The molecular weight excluding hydrogens is 384 g/mol. The number of fused-ring (bicyclic) bond motifs is 1. The van der Waals surface area contributed by atoms with Gasteiger partial charge in [-0.2, -0.15) is 0 Å². The smallest absolute Gasteiger partial charge is 0.330 e. The first kappa shape index (κ1) is 20.6. The number of nitrogens with one attached hydrogen (secondary N) is 1. The van der Waals surface area contributed by atoms with E-state index >= 15 is 0 Å². The molecule has 1 saturated heterocycles. The second-order valence-corrected chi connectivity index (χ2v) is 8.45. The molecule has 0 bridgehead atoms. The molecule has 0 aliphatic carbocycles. The molecule has 0 unspecified atom stereocenters. The summed E-state index contributed by atoms with van der Waals surface area (Å²) >= 11 is 0. The molecule has 9 nitrogen and oxygen atoms in total. The Bertz CT molecular complexity index is 1120. The van der Waals surface area contributed by atoms with Crippen molar-refractivity contribution in [3.05, 3.63) is 53.7 Å². The number of rotatable bonds is 3. The minimum atomic E-state index is -0.327. The largest absolute Gasteiger partial charge is 0.342 e. The molecule has 4 rings (SSSR count). The van der Waals surface area contributed by atoms with Crippen molar-refractivity contribution < 1.29 is 0 Å². The first-order chi connectivity index (χ1) is 14.4. The predicted molar refractivity (Wildman–Crippen MR) is 115 cm³/mol. The van der Waals surface area contributed by atoms with Gasteiger partial charge in [-0.15, -0.1) is 0 Å². The molecule has 2 aromatic heterocycles. The molecule has 30 heavy (non-hydrogen) atoms. The zero-order chi connectivity index (χ0) is 21.4. The molecule has 0 atom stereocenters. The molecule has 1 N–H and O–H groups in total. The number of H-pyrrole nitrogens is 1. The van der Waals surface area contributed by atoms with Crippen molar-refractivity contribution in [2.75, 3.05) is 24.5 Å². The molecule has 0 radical (unpaired) electrons. The maximum absolute atomic E-state index is 12.8. The van der Waals surface area contributed by atoms with Gasteiger partial charge in [0.15, 0.2) is 0 Å². The minimum Gasteiger partial charge on any atom is -0.342 e. The van der Waals surface area contributed by atoms with Crippen LogP contribution >= 0.6 is 0 Å². The zero-order valence-corrected chi connectivity index (χ0v) is 18.0. The van der Waals surface area contributed by atoms with Crippen LogP contribution in [-0.2, 0) is 33.6 Å². The van der Waals surface area contributed by atoms with E-state index in [-0.39, 0.29) is 16.8 Å². The van der Waals surface area contributed by atoms with Crippen LogP contribution in [0.2, 0.25) is 0 Å². The molecule has 0 spiro atoms. The number of anilines is 1. The first-order valence-electron chi connectivity index (χ1n) is 10.7. The van der Waals surface area contributed by atoms with Gasteiger partial charge in [-0.05, 0) is 19.8 Å². The van der Waals surface area contributed by atoms with Gasteiger partial charge in [-0.3, -0.25) is 24.0 Å². The van der Waals surface area contributed by atoms with Gasteiger partial charge < -0.3 is 9.47 Å². The van der Waals surface area contributed by atoms with E-state index in [1.807, 2.05) is 0 Å². The number of aromatic nitrogens is 4. The highest BCUT2D eigenvalue weighted by molar-refractivity contribution is 5.34. The Morgan fingerprint density at radius 1 is 0.967 bits per heavy atom. The molecule has 0 amide bonds. The van der Waals surface area contributed by atoms with Crippen LogP contribution in [0.15, 0.2) is 14.4 Å². The Labute approximate surface area is 175 Å². The Hall–Kier alpha value is -2.68. The fraction of sp³-hybridized carbons (Fsp3) is 0.619. The molecule has 2 aliphatic rings. The lowest BCUT2D eigenvalue weighted by Crippen LogP contribution is -2.43. The van der Waals surface area contributed by atoms with Gasteiger partial charge in [0.1, 0.15) is 0 Å². The topological polar surface area (TPSA) is 96.2 Å². The van der Waals surface area contributed by atoms with E-state index in [1.54, 1.807) is 14.0 Å². The van der Waals surface area contributed by atoms with Crippen molar-refractivity contribution in [1.29, 1.82) is 0 Å². The highest BCUT2D eigenvalue weighted by Crippen LogP contribution is 2.20. The molecule has 0 saturated carbocycles. The third kappa shape index (κ3) is 3.74. The number of aromatic amines is 1. The van der Waals surface area contributed by atoms with E-state index in [1.165, 1.54) is 24.5 Å². The van der Waals surface area contributed by atoms with Crippen molar-refractivity contribution >= 4 is 5.95 Å². The molecular formula is C21H30N6O3. The second-order valence-electron chi connectivity index (χ2n) is 8.45.